The molecular weight excluding hydrogens is 279 g/mol. The Balaban J connectivity index is 1.85. The van der Waals surface area contributed by atoms with E-state index >= 15 is 0 Å². The van der Waals surface area contributed by atoms with Crippen LogP contribution in [0, 0.1) is 5.82 Å². The first-order valence-corrected chi connectivity index (χ1v) is 6.96. The van der Waals surface area contributed by atoms with Gasteiger partial charge in [0.15, 0.2) is 0 Å². The van der Waals surface area contributed by atoms with Gasteiger partial charge in [-0.25, -0.2) is 9.37 Å². The van der Waals surface area contributed by atoms with E-state index in [2.05, 4.69) is 14.5 Å². The van der Waals surface area contributed by atoms with Crippen molar-refractivity contribution >= 4 is 11.6 Å². The van der Waals surface area contributed by atoms with Gasteiger partial charge in [-0.2, -0.15) is 0 Å². The number of aromatic nitrogens is 2. The molecule has 0 saturated carbocycles. The van der Waals surface area contributed by atoms with Crippen molar-refractivity contribution in [1.29, 1.82) is 0 Å². The average Bonchev–Trinajstić information content (AvgIpc) is 2.91. The van der Waals surface area contributed by atoms with Crippen LogP contribution in [0.25, 0.3) is 0 Å². The van der Waals surface area contributed by atoms with Crippen LogP contribution in [0.5, 0.6) is 0 Å². The second-order valence-corrected chi connectivity index (χ2v) is 5.34. The van der Waals surface area contributed by atoms with Gasteiger partial charge in [0.2, 0.25) is 0 Å². The lowest BCUT2D eigenvalue weighted by molar-refractivity contribution is 0.156. The van der Waals surface area contributed by atoms with Gasteiger partial charge in [0.1, 0.15) is 11.6 Å². The average molecular weight is 295 g/mol. The summed E-state index contributed by atoms with van der Waals surface area (Å²) < 4.78 is 15.4. The summed E-state index contributed by atoms with van der Waals surface area (Å²) in [5.41, 5.74) is 6.86. The normalized spacial score (nSPS) is 16.9. The van der Waals surface area contributed by atoms with Crippen molar-refractivity contribution in [3.63, 3.8) is 0 Å². The number of imidazole rings is 1. The summed E-state index contributed by atoms with van der Waals surface area (Å²) in [5, 5.41) is 0.138. The van der Waals surface area contributed by atoms with Gasteiger partial charge in [-0.05, 0) is 17.7 Å². The van der Waals surface area contributed by atoms with Crippen molar-refractivity contribution < 1.29 is 4.39 Å². The Hall–Kier alpha value is -1.43. The third-order valence-electron chi connectivity index (χ3n) is 3.77. The van der Waals surface area contributed by atoms with Crippen LogP contribution in [0.1, 0.15) is 17.4 Å². The predicted molar refractivity (Wildman–Crippen MR) is 75.8 cm³/mol. The Bertz CT molecular complexity index is 613. The third-order valence-corrected chi connectivity index (χ3v) is 4.06. The first-order chi connectivity index (χ1) is 9.69. The molecule has 0 aliphatic carbocycles. The van der Waals surface area contributed by atoms with Gasteiger partial charge in [-0.15, -0.1) is 0 Å². The molecule has 3 rings (SSSR count). The van der Waals surface area contributed by atoms with E-state index in [1.54, 1.807) is 12.1 Å². The third kappa shape index (κ3) is 2.44. The number of hydrogen-bond donors (Lipinski definition) is 1. The molecule has 20 heavy (non-hydrogen) atoms. The van der Waals surface area contributed by atoms with E-state index in [-0.39, 0.29) is 11.1 Å². The van der Waals surface area contributed by atoms with Crippen LogP contribution in [0.3, 0.4) is 0 Å². The predicted octanol–water partition coefficient (Wildman–Crippen LogP) is 2.19. The molecule has 106 valence electrons. The molecule has 0 bridgehead atoms. The van der Waals surface area contributed by atoms with Gasteiger partial charge in [0.25, 0.3) is 0 Å². The van der Waals surface area contributed by atoms with Crippen LogP contribution in [-0.2, 0) is 13.1 Å². The van der Waals surface area contributed by atoms with E-state index in [1.165, 1.54) is 6.07 Å². The van der Waals surface area contributed by atoms with E-state index in [0.717, 1.165) is 31.0 Å². The second kappa shape index (κ2) is 5.52. The number of rotatable bonds is 3. The molecule has 1 atom stereocenters. The highest BCUT2D eigenvalue weighted by molar-refractivity contribution is 6.30. The lowest BCUT2D eigenvalue weighted by Gasteiger charge is -2.34. The second-order valence-electron chi connectivity index (χ2n) is 4.93. The molecule has 1 unspecified atom stereocenters. The van der Waals surface area contributed by atoms with Crippen molar-refractivity contribution in [2.24, 2.45) is 5.73 Å². The smallest absolute Gasteiger partial charge is 0.141 e. The molecule has 0 spiro atoms. The Labute approximate surface area is 122 Å². The molecule has 6 heteroatoms. The summed E-state index contributed by atoms with van der Waals surface area (Å²) in [4.78, 5) is 6.60. The molecule has 1 aromatic heterocycles. The topological polar surface area (TPSA) is 47.1 Å². The van der Waals surface area contributed by atoms with Gasteiger partial charge in [0, 0.05) is 38.1 Å². The van der Waals surface area contributed by atoms with Crippen LogP contribution in [0.4, 0.5) is 4.39 Å². The van der Waals surface area contributed by atoms with Gasteiger partial charge >= 0.3 is 0 Å². The first kappa shape index (κ1) is 13.5. The molecule has 0 saturated heterocycles. The quantitative estimate of drug-likeness (QED) is 0.944. The fraction of sp³-hybridized carbons (Fsp3) is 0.357. The summed E-state index contributed by atoms with van der Waals surface area (Å²) in [7, 11) is 0. The maximum absolute atomic E-state index is 13.3. The molecule has 2 N–H and O–H groups in total. The van der Waals surface area contributed by atoms with E-state index in [4.69, 9.17) is 17.3 Å². The maximum atomic E-state index is 13.3. The molecule has 4 nitrogen and oxygen atoms in total. The van der Waals surface area contributed by atoms with Gasteiger partial charge in [0.05, 0.1) is 11.6 Å². The molecule has 1 aromatic carbocycles. The summed E-state index contributed by atoms with van der Waals surface area (Å²) >= 11 is 5.87. The molecule has 1 aliphatic rings. The van der Waals surface area contributed by atoms with E-state index < -0.39 is 5.82 Å². The largest absolute Gasteiger partial charge is 0.333 e. The lowest BCUT2D eigenvalue weighted by Crippen LogP contribution is -2.39. The minimum atomic E-state index is -0.402. The Morgan fingerprint density at radius 3 is 3.00 bits per heavy atom. The monoisotopic (exact) mass is 294 g/mol. The number of hydrogen-bond acceptors (Lipinski definition) is 3. The summed E-state index contributed by atoms with van der Waals surface area (Å²) in [6.45, 7) is 2.98. The summed E-state index contributed by atoms with van der Waals surface area (Å²) in [6, 6.07) is 4.83. The molecule has 0 radical (unpaired) electrons. The fourth-order valence-corrected chi connectivity index (χ4v) is 2.86. The van der Waals surface area contributed by atoms with Crippen molar-refractivity contribution in [1.82, 2.24) is 14.5 Å². The Morgan fingerprint density at radius 1 is 1.40 bits per heavy atom. The minimum absolute atomic E-state index is 0.0264. The highest BCUT2D eigenvalue weighted by atomic mass is 35.5. The lowest BCUT2D eigenvalue weighted by atomic mass is 10.0. The molecular formula is C14H16ClFN4. The molecule has 1 aliphatic heterocycles. The van der Waals surface area contributed by atoms with E-state index in [9.17, 15) is 4.39 Å². The zero-order chi connectivity index (χ0) is 14.1. The molecule has 2 heterocycles. The summed E-state index contributed by atoms with van der Waals surface area (Å²) in [6.07, 6.45) is 3.80. The molecule has 0 amide bonds. The van der Waals surface area contributed by atoms with Crippen LogP contribution < -0.4 is 5.73 Å². The van der Waals surface area contributed by atoms with Crippen molar-refractivity contribution in [2.75, 3.05) is 13.1 Å². The number of nitrogens with two attached hydrogens (primary N) is 1. The van der Waals surface area contributed by atoms with Crippen LogP contribution in [0.2, 0.25) is 5.02 Å². The zero-order valence-electron chi connectivity index (χ0n) is 11.0. The van der Waals surface area contributed by atoms with Gasteiger partial charge in [-0.3, -0.25) is 4.90 Å². The van der Waals surface area contributed by atoms with Gasteiger partial charge < -0.3 is 10.3 Å². The van der Waals surface area contributed by atoms with Crippen molar-refractivity contribution in [3.05, 3.63) is 52.8 Å². The SMILES string of the molecule is NCC(c1ccc(F)c(Cl)c1)N1CCn2ccnc2C1. The Kier molecular flexibility index (Phi) is 3.74. The number of benzene rings is 1. The van der Waals surface area contributed by atoms with Crippen LogP contribution in [-0.4, -0.2) is 27.5 Å². The van der Waals surface area contributed by atoms with Crippen LogP contribution >= 0.6 is 11.6 Å². The van der Waals surface area contributed by atoms with E-state index in [0.29, 0.717) is 6.54 Å². The fourth-order valence-electron chi connectivity index (χ4n) is 2.67. The van der Waals surface area contributed by atoms with E-state index in [1.807, 2.05) is 12.4 Å². The number of halogens is 2. The first-order valence-electron chi connectivity index (χ1n) is 6.58. The maximum Gasteiger partial charge on any atom is 0.141 e. The summed E-state index contributed by atoms with van der Waals surface area (Å²) in [5.74, 6) is 0.628. The Morgan fingerprint density at radius 2 is 2.25 bits per heavy atom. The highest BCUT2D eigenvalue weighted by Gasteiger charge is 2.24. The highest BCUT2D eigenvalue weighted by Crippen LogP contribution is 2.27. The minimum Gasteiger partial charge on any atom is -0.333 e. The molecule has 2 aromatic rings. The van der Waals surface area contributed by atoms with Crippen molar-refractivity contribution in [2.45, 2.75) is 19.1 Å². The number of fused-ring (bicyclic) bond motifs is 1. The standard InChI is InChI=1S/C14H16ClFN4/c15-11-7-10(1-2-12(11)16)13(8-17)20-6-5-19-4-3-18-14(19)9-20/h1-4,7,13H,5-6,8-9,17H2. The van der Waals surface area contributed by atoms with Gasteiger partial charge in [-0.1, -0.05) is 17.7 Å². The zero-order valence-corrected chi connectivity index (χ0v) is 11.7. The van der Waals surface area contributed by atoms with Crippen molar-refractivity contribution in [3.8, 4) is 0 Å². The number of nitrogens with zero attached hydrogens (tertiary/aromatic N) is 3. The molecule has 0 fully saturated rings. The van der Waals surface area contributed by atoms with Crippen LogP contribution in [0.15, 0.2) is 30.6 Å².